The number of halogens is 2. The monoisotopic (exact) mass is 422 g/mol. The van der Waals surface area contributed by atoms with Gasteiger partial charge in [0.1, 0.15) is 5.01 Å². The van der Waals surface area contributed by atoms with Gasteiger partial charge in [0, 0.05) is 44.0 Å². The van der Waals surface area contributed by atoms with Gasteiger partial charge in [0.05, 0.1) is 12.2 Å². The van der Waals surface area contributed by atoms with Crippen molar-refractivity contribution < 1.29 is 4.79 Å². The first-order valence-corrected chi connectivity index (χ1v) is 10.1. The minimum absolute atomic E-state index is 0. The van der Waals surface area contributed by atoms with Crippen LogP contribution in [0.1, 0.15) is 49.7 Å². The number of likely N-dealkylation sites (tertiary alicyclic amines) is 2. The van der Waals surface area contributed by atoms with Crippen LogP contribution in [0.4, 0.5) is 0 Å². The Morgan fingerprint density at radius 1 is 1.35 bits per heavy atom. The van der Waals surface area contributed by atoms with E-state index in [1.165, 1.54) is 10.7 Å². The van der Waals surface area contributed by atoms with E-state index in [1.54, 1.807) is 11.3 Å². The first-order valence-electron chi connectivity index (χ1n) is 9.19. The molecule has 5 nitrogen and oxygen atoms in total. The summed E-state index contributed by atoms with van der Waals surface area (Å²) in [4.78, 5) is 21.7. The number of likely N-dealkylation sites (N-methyl/N-ethyl adjacent to an activating group) is 1. The average Bonchev–Trinajstić information content (AvgIpc) is 3.03. The molecule has 150 valence electrons. The van der Waals surface area contributed by atoms with Gasteiger partial charge in [0.2, 0.25) is 5.91 Å². The minimum Gasteiger partial charge on any atom is -0.338 e. The summed E-state index contributed by atoms with van der Waals surface area (Å²) in [7, 11) is 1.95. The highest BCUT2D eigenvalue weighted by atomic mass is 35.5. The highest BCUT2D eigenvalue weighted by molar-refractivity contribution is 7.09. The highest BCUT2D eigenvalue weighted by Gasteiger charge is 2.38. The van der Waals surface area contributed by atoms with Crippen LogP contribution in [0.25, 0.3) is 0 Å². The van der Waals surface area contributed by atoms with E-state index in [9.17, 15) is 4.79 Å². The first kappa shape index (κ1) is 23.6. The topological polar surface area (TPSA) is 48.5 Å². The smallest absolute Gasteiger partial charge is 0.222 e. The molecule has 2 saturated heterocycles. The van der Waals surface area contributed by atoms with Gasteiger partial charge in [-0.3, -0.25) is 9.69 Å². The second-order valence-corrected chi connectivity index (χ2v) is 8.34. The Labute approximate surface area is 173 Å². The van der Waals surface area contributed by atoms with Gasteiger partial charge in [-0.15, -0.1) is 36.2 Å². The molecule has 1 aromatic rings. The quantitative estimate of drug-likeness (QED) is 0.764. The summed E-state index contributed by atoms with van der Waals surface area (Å²) in [6.45, 7) is 9.26. The Morgan fingerprint density at radius 3 is 2.77 bits per heavy atom. The van der Waals surface area contributed by atoms with E-state index in [-0.39, 0.29) is 24.8 Å². The van der Waals surface area contributed by atoms with E-state index in [4.69, 9.17) is 4.98 Å². The number of nitrogens with one attached hydrogen (secondary N) is 1. The maximum atomic E-state index is 12.3. The van der Waals surface area contributed by atoms with Crippen molar-refractivity contribution in [3.63, 3.8) is 0 Å². The van der Waals surface area contributed by atoms with Crippen LogP contribution in [0, 0.1) is 5.92 Å². The third-order valence-electron chi connectivity index (χ3n) is 5.35. The largest absolute Gasteiger partial charge is 0.338 e. The number of hydrogen-bond donors (Lipinski definition) is 1. The molecular formula is C18H32Cl2N4OS. The van der Waals surface area contributed by atoms with E-state index in [2.05, 4.69) is 34.3 Å². The predicted octanol–water partition coefficient (Wildman–Crippen LogP) is 3.14. The van der Waals surface area contributed by atoms with Crippen molar-refractivity contribution in [2.45, 2.75) is 51.6 Å². The Hall–Kier alpha value is -0.400. The summed E-state index contributed by atoms with van der Waals surface area (Å²) in [5.74, 6) is 1.48. The standard InChI is InChI=1S/C18H30N4OS.2ClH/c1-13(2)15-12-24-17(20-15)11-21-8-6-16-14(10-21)4-5-18(23)22(16)9-7-19-3;;/h12-14,16,19H,4-11H2,1-3H3;2*1H/t14-,16+;;/m0../s1. The number of nitrogens with zero attached hydrogens (tertiary/aromatic N) is 3. The number of thiazole rings is 1. The SMILES string of the molecule is CNCCN1C(=O)CC[C@H]2CN(Cc3nc(C(C)C)cs3)CC[C@H]21.Cl.Cl. The van der Waals surface area contributed by atoms with E-state index in [1.807, 2.05) is 7.05 Å². The van der Waals surface area contributed by atoms with Crippen molar-refractivity contribution in [2.24, 2.45) is 5.92 Å². The highest BCUT2D eigenvalue weighted by Crippen LogP contribution is 2.32. The molecular weight excluding hydrogens is 391 g/mol. The average molecular weight is 423 g/mol. The number of amides is 1. The van der Waals surface area contributed by atoms with E-state index >= 15 is 0 Å². The van der Waals surface area contributed by atoms with Crippen LogP contribution >= 0.6 is 36.2 Å². The van der Waals surface area contributed by atoms with E-state index in [0.29, 0.717) is 30.2 Å². The molecule has 2 aliphatic rings. The molecule has 0 saturated carbocycles. The lowest BCUT2D eigenvalue weighted by Gasteiger charge is -2.47. The fourth-order valence-corrected chi connectivity index (χ4v) is 4.94. The van der Waals surface area contributed by atoms with Crippen molar-refractivity contribution in [3.8, 4) is 0 Å². The molecule has 1 N–H and O–H groups in total. The summed E-state index contributed by atoms with van der Waals surface area (Å²) in [6, 6.07) is 0.443. The van der Waals surface area contributed by atoms with Crippen LogP contribution in [0.5, 0.6) is 0 Å². The molecule has 8 heteroatoms. The van der Waals surface area contributed by atoms with Crippen LogP contribution in [0.2, 0.25) is 0 Å². The van der Waals surface area contributed by atoms with Crippen molar-refractivity contribution in [3.05, 3.63) is 16.1 Å². The lowest BCUT2D eigenvalue weighted by atomic mass is 9.83. The molecule has 2 fully saturated rings. The van der Waals surface area contributed by atoms with Crippen molar-refractivity contribution in [1.82, 2.24) is 20.1 Å². The van der Waals surface area contributed by atoms with Crippen LogP contribution in [-0.2, 0) is 11.3 Å². The van der Waals surface area contributed by atoms with Gasteiger partial charge in [0.25, 0.3) is 0 Å². The van der Waals surface area contributed by atoms with Crippen molar-refractivity contribution in [2.75, 3.05) is 33.2 Å². The van der Waals surface area contributed by atoms with Gasteiger partial charge in [0.15, 0.2) is 0 Å². The number of rotatable bonds is 6. The van der Waals surface area contributed by atoms with Gasteiger partial charge in [-0.05, 0) is 31.7 Å². The zero-order chi connectivity index (χ0) is 17.1. The molecule has 3 heterocycles. The second kappa shape index (κ2) is 10.8. The molecule has 1 amide bonds. The Morgan fingerprint density at radius 2 is 2.12 bits per heavy atom. The molecule has 0 unspecified atom stereocenters. The van der Waals surface area contributed by atoms with Crippen molar-refractivity contribution in [1.29, 1.82) is 0 Å². The zero-order valence-corrected chi connectivity index (χ0v) is 18.4. The maximum absolute atomic E-state index is 12.3. The fourth-order valence-electron chi connectivity index (χ4n) is 3.95. The summed E-state index contributed by atoms with van der Waals surface area (Å²) < 4.78 is 0. The second-order valence-electron chi connectivity index (χ2n) is 7.40. The summed E-state index contributed by atoms with van der Waals surface area (Å²) in [5.41, 5.74) is 1.21. The van der Waals surface area contributed by atoms with Crippen LogP contribution in [0.3, 0.4) is 0 Å². The molecule has 0 aromatic carbocycles. The molecule has 0 aliphatic carbocycles. The maximum Gasteiger partial charge on any atom is 0.222 e. The normalized spacial score (nSPS) is 23.4. The predicted molar refractivity (Wildman–Crippen MR) is 113 cm³/mol. The van der Waals surface area contributed by atoms with Gasteiger partial charge >= 0.3 is 0 Å². The molecule has 2 aliphatic heterocycles. The van der Waals surface area contributed by atoms with Crippen LogP contribution < -0.4 is 5.32 Å². The molecule has 0 spiro atoms. The summed E-state index contributed by atoms with van der Waals surface area (Å²) in [6.07, 6.45) is 2.86. The van der Waals surface area contributed by atoms with Gasteiger partial charge in [-0.2, -0.15) is 0 Å². The first-order chi connectivity index (χ1) is 11.6. The number of piperidine rings is 2. The molecule has 0 radical (unpaired) electrons. The molecule has 0 bridgehead atoms. The number of carbonyl (C=O) groups is 1. The summed E-state index contributed by atoms with van der Waals surface area (Å²) >= 11 is 1.79. The lowest BCUT2D eigenvalue weighted by Crippen LogP contribution is -2.56. The van der Waals surface area contributed by atoms with Crippen molar-refractivity contribution >= 4 is 42.1 Å². The minimum atomic E-state index is 0. The molecule has 3 rings (SSSR count). The van der Waals surface area contributed by atoms with Crippen LogP contribution in [0.15, 0.2) is 5.38 Å². The molecule has 2 atom stereocenters. The zero-order valence-electron chi connectivity index (χ0n) is 15.9. The van der Waals surface area contributed by atoms with Gasteiger partial charge in [-0.1, -0.05) is 13.8 Å². The van der Waals surface area contributed by atoms with E-state index in [0.717, 1.165) is 45.6 Å². The fraction of sp³-hybridized carbons (Fsp3) is 0.778. The number of hydrogen-bond acceptors (Lipinski definition) is 5. The third kappa shape index (κ3) is 5.55. The molecule has 1 aromatic heterocycles. The number of aromatic nitrogens is 1. The van der Waals surface area contributed by atoms with Gasteiger partial charge < -0.3 is 10.2 Å². The number of carbonyl (C=O) groups excluding carboxylic acids is 1. The third-order valence-corrected chi connectivity index (χ3v) is 6.20. The Balaban J connectivity index is 0.00000169. The Kier molecular flexibility index (Phi) is 9.83. The van der Waals surface area contributed by atoms with Gasteiger partial charge in [-0.25, -0.2) is 4.98 Å². The summed E-state index contributed by atoms with van der Waals surface area (Å²) in [5, 5.41) is 6.61. The van der Waals surface area contributed by atoms with E-state index < -0.39 is 0 Å². The number of fused-ring (bicyclic) bond motifs is 1. The lowest BCUT2D eigenvalue weighted by molar-refractivity contribution is -0.141. The van der Waals surface area contributed by atoms with Crippen LogP contribution in [-0.4, -0.2) is 60.0 Å². The Bertz CT molecular complexity index is 569. The molecule has 26 heavy (non-hydrogen) atoms.